The fourth-order valence-electron chi connectivity index (χ4n) is 5.33. The lowest BCUT2D eigenvalue weighted by molar-refractivity contribution is -0.137. The number of nitrogens with zero attached hydrogens (tertiary/aromatic N) is 4. The molecule has 6 rings (SSSR count). The first kappa shape index (κ1) is 28.1. The number of piperidine rings is 1. The molecule has 1 aliphatic heterocycles. The van der Waals surface area contributed by atoms with Crippen molar-refractivity contribution in [3.8, 4) is 11.3 Å². The van der Waals surface area contributed by atoms with Crippen LogP contribution in [0.1, 0.15) is 34.3 Å². The van der Waals surface area contributed by atoms with Gasteiger partial charge in [0.15, 0.2) is 0 Å². The summed E-state index contributed by atoms with van der Waals surface area (Å²) in [7, 11) is 0. The zero-order chi connectivity index (χ0) is 30.0. The van der Waals surface area contributed by atoms with Gasteiger partial charge >= 0.3 is 6.18 Å². The average Bonchev–Trinajstić information content (AvgIpc) is 3.01. The van der Waals surface area contributed by atoms with Crippen molar-refractivity contribution in [1.82, 2.24) is 19.9 Å². The predicted octanol–water partition coefficient (Wildman–Crippen LogP) is 7.48. The van der Waals surface area contributed by atoms with Crippen molar-refractivity contribution in [2.45, 2.75) is 32.0 Å². The summed E-state index contributed by atoms with van der Waals surface area (Å²) < 4.78 is 39.3. The third-order valence-corrected chi connectivity index (χ3v) is 7.53. The molecule has 1 fully saturated rings. The van der Waals surface area contributed by atoms with Gasteiger partial charge in [-0.05, 0) is 78.6 Å². The number of aromatic nitrogens is 3. The topological polar surface area (TPSA) is 83.0 Å². The second kappa shape index (κ2) is 11.7. The summed E-state index contributed by atoms with van der Waals surface area (Å²) in [6, 6.07) is 23.3. The molecule has 10 heteroatoms. The minimum absolute atomic E-state index is 0.0566. The Labute approximate surface area is 246 Å². The summed E-state index contributed by atoms with van der Waals surface area (Å²) >= 11 is 0. The molecule has 0 bridgehead atoms. The van der Waals surface area contributed by atoms with Gasteiger partial charge in [-0.25, -0.2) is 15.0 Å². The summed E-state index contributed by atoms with van der Waals surface area (Å²) in [6.45, 7) is 3.19. The summed E-state index contributed by atoms with van der Waals surface area (Å²) in [4.78, 5) is 28.4. The number of fused-ring (bicyclic) bond motifs is 1. The van der Waals surface area contributed by atoms with E-state index in [2.05, 4.69) is 25.6 Å². The van der Waals surface area contributed by atoms with E-state index in [1.807, 2.05) is 72.5 Å². The maximum Gasteiger partial charge on any atom is 0.416 e. The monoisotopic (exact) mass is 582 g/mol. The summed E-state index contributed by atoms with van der Waals surface area (Å²) in [6.07, 6.45) is -0.0201. The second-order valence-electron chi connectivity index (χ2n) is 10.6. The van der Waals surface area contributed by atoms with Crippen LogP contribution in [0.15, 0.2) is 91.3 Å². The average molecular weight is 583 g/mol. The van der Waals surface area contributed by atoms with E-state index < -0.39 is 11.7 Å². The highest BCUT2D eigenvalue weighted by atomic mass is 19.4. The molecule has 0 saturated carbocycles. The number of hydrogen-bond acceptors (Lipinski definition) is 6. The molecule has 4 heterocycles. The zero-order valence-corrected chi connectivity index (χ0v) is 23.4. The van der Waals surface area contributed by atoms with Gasteiger partial charge in [0.25, 0.3) is 5.91 Å². The number of hydrogen-bond donors (Lipinski definition) is 2. The molecule has 7 nitrogen and oxygen atoms in total. The van der Waals surface area contributed by atoms with E-state index in [-0.39, 0.29) is 17.8 Å². The maximum atomic E-state index is 13.3. The molecule has 0 unspecified atom stereocenters. The smallest absolute Gasteiger partial charge is 0.367 e. The van der Waals surface area contributed by atoms with Crippen LogP contribution in [0.25, 0.3) is 22.0 Å². The van der Waals surface area contributed by atoms with Gasteiger partial charge < -0.3 is 15.5 Å². The van der Waals surface area contributed by atoms with E-state index in [9.17, 15) is 18.0 Å². The number of anilines is 3. The third kappa shape index (κ3) is 6.43. The van der Waals surface area contributed by atoms with Crippen LogP contribution < -0.4 is 10.6 Å². The molecule has 0 radical (unpaired) electrons. The first-order valence-corrected chi connectivity index (χ1v) is 14.0. The molecule has 5 aromatic rings. The van der Waals surface area contributed by atoms with Gasteiger partial charge in [0.2, 0.25) is 0 Å². The van der Waals surface area contributed by atoms with Crippen LogP contribution in [-0.2, 0) is 6.18 Å². The van der Waals surface area contributed by atoms with E-state index in [4.69, 9.17) is 0 Å². The van der Waals surface area contributed by atoms with Crippen molar-refractivity contribution >= 4 is 34.1 Å². The molecule has 1 amide bonds. The van der Waals surface area contributed by atoms with Crippen LogP contribution in [0.2, 0.25) is 0 Å². The van der Waals surface area contributed by atoms with Gasteiger partial charge in [-0.2, -0.15) is 13.2 Å². The van der Waals surface area contributed by atoms with Crippen molar-refractivity contribution in [3.05, 3.63) is 108 Å². The van der Waals surface area contributed by atoms with Crippen LogP contribution in [0.4, 0.5) is 30.6 Å². The fraction of sp³-hybridized carbons (Fsp3) is 0.212. The number of alkyl halides is 3. The Morgan fingerprint density at radius 3 is 2.44 bits per heavy atom. The first-order chi connectivity index (χ1) is 20.7. The largest absolute Gasteiger partial charge is 0.416 e. The number of nitrogens with one attached hydrogen (secondary N) is 2. The third-order valence-electron chi connectivity index (χ3n) is 7.53. The number of carbonyl (C=O) groups excluding carboxylic acids is 1. The maximum absolute atomic E-state index is 13.3. The number of aryl methyl sites for hydroxylation is 1. The van der Waals surface area contributed by atoms with Gasteiger partial charge in [0.05, 0.1) is 11.3 Å². The van der Waals surface area contributed by atoms with Crippen molar-refractivity contribution in [1.29, 1.82) is 0 Å². The lowest BCUT2D eigenvalue weighted by Gasteiger charge is -2.33. The molecule has 1 aliphatic rings. The number of amides is 1. The Morgan fingerprint density at radius 1 is 0.884 bits per heavy atom. The molecule has 43 heavy (non-hydrogen) atoms. The number of likely N-dealkylation sites (tertiary alicyclic amines) is 1. The van der Waals surface area contributed by atoms with Crippen LogP contribution >= 0.6 is 0 Å². The van der Waals surface area contributed by atoms with Crippen molar-refractivity contribution < 1.29 is 18.0 Å². The van der Waals surface area contributed by atoms with E-state index in [1.54, 1.807) is 12.3 Å². The number of benzene rings is 2. The summed E-state index contributed by atoms with van der Waals surface area (Å²) in [5.74, 6) is 1.22. The summed E-state index contributed by atoms with van der Waals surface area (Å²) in [5.41, 5.74) is 2.23. The fourth-order valence-corrected chi connectivity index (χ4v) is 5.33. The molecule has 0 atom stereocenters. The van der Waals surface area contributed by atoms with Gasteiger partial charge in [-0.3, -0.25) is 4.79 Å². The Bertz CT molecular complexity index is 1760. The standard InChI is InChI=1S/C33H29F3N6O/c1-21-17-28(40-31(18-21)41-30-19-24(11-14-37-30)33(34,35)36)23-9-10-29(38-20-23)39-25-12-15-42(16-13-25)32(43)27-8-4-6-22-5-2-3-7-26(22)27/h2-11,14,17-20,25H,12-13,15-16H2,1H3,(H,38,39)(H,37,40,41). The van der Waals surface area contributed by atoms with Crippen LogP contribution in [0.3, 0.4) is 0 Å². The first-order valence-electron chi connectivity index (χ1n) is 14.0. The predicted molar refractivity (Wildman–Crippen MR) is 161 cm³/mol. The van der Waals surface area contributed by atoms with E-state index in [0.717, 1.165) is 64.5 Å². The van der Waals surface area contributed by atoms with E-state index in [0.29, 0.717) is 24.6 Å². The Hall–Kier alpha value is -4.99. The van der Waals surface area contributed by atoms with E-state index >= 15 is 0 Å². The van der Waals surface area contributed by atoms with Crippen molar-refractivity contribution in [2.75, 3.05) is 23.7 Å². The van der Waals surface area contributed by atoms with Crippen molar-refractivity contribution in [3.63, 3.8) is 0 Å². The Morgan fingerprint density at radius 2 is 1.67 bits per heavy atom. The minimum Gasteiger partial charge on any atom is -0.367 e. The molecule has 0 aliphatic carbocycles. The van der Waals surface area contributed by atoms with Gasteiger partial charge in [-0.15, -0.1) is 0 Å². The van der Waals surface area contributed by atoms with Crippen LogP contribution in [0, 0.1) is 6.92 Å². The number of halogens is 3. The van der Waals surface area contributed by atoms with Gasteiger partial charge in [0, 0.05) is 42.7 Å². The Balaban J connectivity index is 1.08. The van der Waals surface area contributed by atoms with Gasteiger partial charge in [0.1, 0.15) is 17.5 Å². The molecule has 2 aromatic carbocycles. The molecule has 3 aromatic heterocycles. The highest BCUT2D eigenvalue weighted by Gasteiger charge is 2.31. The SMILES string of the molecule is Cc1cc(Nc2cc(C(F)(F)F)ccn2)nc(-c2ccc(NC3CCN(C(=O)c4cccc5ccccc45)CC3)nc2)c1. The van der Waals surface area contributed by atoms with Gasteiger partial charge in [-0.1, -0.05) is 36.4 Å². The Kier molecular flexibility index (Phi) is 7.67. The highest BCUT2D eigenvalue weighted by Crippen LogP contribution is 2.31. The quantitative estimate of drug-likeness (QED) is 0.216. The lowest BCUT2D eigenvalue weighted by atomic mass is 10.0. The number of pyridine rings is 3. The molecule has 2 N–H and O–H groups in total. The zero-order valence-electron chi connectivity index (χ0n) is 23.4. The lowest BCUT2D eigenvalue weighted by Crippen LogP contribution is -2.42. The highest BCUT2D eigenvalue weighted by molar-refractivity contribution is 6.07. The van der Waals surface area contributed by atoms with E-state index in [1.165, 1.54) is 0 Å². The molecular formula is C33H29F3N6O. The molecular weight excluding hydrogens is 553 g/mol. The normalized spacial score (nSPS) is 14.1. The second-order valence-corrected chi connectivity index (χ2v) is 10.6. The van der Waals surface area contributed by atoms with Crippen LogP contribution in [0.5, 0.6) is 0 Å². The molecule has 218 valence electrons. The number of carbonyl (C=O) groups is 1. The van der Waals surface area contributed by atoms with Crippen molar-refractivity contribution in [2.24, 2.45) is 0 Å². The minimum atomic E-state index is -4.46. The summed E-state index contributed by atoms with van der Waals surface area (Å²) in [5, 5.41) is 8.39. The van der Waals surface area contributed by atoms with Crippen LogP contribution in [-0.4, -0.2) is 44.9 Å². The molecule has 1 saturated heterocycles. The number of rotatable bonds is 6. The molecule has 0 spiro atoms.